The Bertz CT molecular complexity index is 905. The lowest BCUT2D eigenvalue weighted by Gasteiger charge is -2.34. The van der Waals surface area contributed by atoms with Gasteiger partial charge in [-0.2, -0.15) is 0 Å². The maximum absolute atomic E-state index is 12.4. The summed E-state index contributed by atoms with van der Waals surface area (Å²) in [7, 11) is 0. The Morgan fingerprint density at radius 1 is 0.933 bits per heavy atom. The molecule has 0 saturated carbocycles. The number of piperazine rings is 1. The second-order valence-corrected chi connectivity index (χ2v) is 7.90. The van der Waals surface area contributed by atoms with Gasteiger partial charge in [0.05, 0.1) is 13.2 Å². The highest BCUT2D eigenvalue weighted by atomic mass is 16.5. The van der Waals surface area contributed by atoms with Crippen LogP contribution in [-0.2, 0) is 22.6 Å². The monoisotopic (exact) mass is 408 g/mol. The molecule has 4 rings (SSSR count). The lowest BCUT2D eigenvalue weighted by Crippen LogP contribution is -2.48. The maximum Gasteiger partial charge on any atom is 0.238 e. The molecule has 7 heteroatoms. The molecule has 1 saturated heterocycles. The highest BCUT2D eigenvalue weighted by Gasteiger charge is 2.20. The highest BCUT2D eigenvalue weighted by molar-refractivity contribution is 5.93. The summed E-state index contributed by atoms with van der Waals surface area (Å²) in [5, 5.41) is 5.64. The summed E-state index contributed by atoms with van der Waals surface area (Å²) in [6.07, 6.45) is 1.00. The molecular formula is C23H28N4O3. The standard InChI is InChI=1S/C23H28N4O3/c1-17(28)24-20-3-5-21(6-4-20)25-23(29)16-27-11-9-26(10-12-27)15-18-2-7-22-19(14-18)8-13-30-22/h2-7,14H,8-13,15-16H2,1H3,(H,24,28)(H,25,29). The number of anilines is 2. The van der Waals surface area contributed by atoms with Crippen LogP contribution in [0.25, 0.3) is 0 Å². The molecule has 158 valence electrons. The van der Waals surface area contributed by atoms with Crippen molar-refractivity contribution in [2.75, 3.05) is 50.0 Å². The Morgan fingerprint density at radius 3 is 2.30 bits per heavy atom. The number of carbonyl (C=O) groups is 2. The number of ether oxygens (including phenoxy) is 1. The molecule has 2 aliphatic rings. The summed E-state index contributed by atoms with van der Waals surface area (Å²) < 4.78 is 5.58. The lowest BCUT2D eigenvalue weighted by atomic mass is 10.1. The van der Waals surface area contributed by atoms with Gasteiger partial charge in [0.15, 0.2) is 0 Å². The average molecular weight is 409 g/mol. The van der Waals surface area contributed by atoms with E-state index in [0.717, 1.165) is 57.2 Å². The van der Waals surface area contributed by atoms with Crippen LogP contribution in [0.1, 0.15) is 18.1 Å². The predicted molar refractivity (Wildman–Crippen MR) is 117 cm³/mol. The fourth-order valence-electron chi connectivity index (χ4n) is 3.95. The molecule has 30 heavy (non-hydrogen) atoms. The minimum absolute atomic E-state index is 0.0191. The molecule has 2 heterocycles. The van der Waals surface area contributed by atoms with Crippen molar-refractivity contribution in [3.63, 3.8) is 0 Å². The minimum Gasteiger partial charge on any atom is -0.493 e. The Kier molecular flexibility index (Phi) is 6.30. The summed E-state index contributed by atoms with van der Waals surface area (Å²) in [6, 6.07) is 13.6. The van der Waals surface area contributed by atoms with Gasteiger partial charge in [0.2, 0.25) is 11.8 Å². The molecule has 0 bridgehead atoms. The van der Waals surface area contributed by atoms with Crippen LogP contribution in [-0.4, -0.2) is 60.9 Å². The first-order valence-corrected chi connectivity index (χ1v) is 10.4. The summed E-state index contributed by atoms with van der Waals surface area (Å²) in [5.74, 6) is 0.893. The van der Waals surface area contributed by atoms with Crippen LogP contribution in [0.4, 0.5) is 11.4 Å². The van der Waals surface area contributed by atoms with Crippen molar-refractivity contribution in [1.82, 2.24) is 9.80 Å². The molecule has 0 aliphatic carbocycles. The van der Waals surface area contributed by atoms with E-state index in [1.54, 1.807) is 24.3 Å². The second kappa shape index (κ2) is 9.28. The number of carbonyl (C=O) groups excluding carboxylic acids is 2. The predicted octanol–water partition coefficient (Wildman–Crippen LogP) is 2.34. The molecule has 0 spiro atoms. The number of amides is 2. The van der Waals surface area contributed by atoms with Crippen LogP contribution in [0.2, 0.25) is 0 Å². The van der Waals surface area contributed by atoms with Crippen molar-refractivity contribution < 1.29 is 14.3 Å². The Hall–Kier alpha value is -2.90. The zero-order chi connectivity index (χ0) is 20.9. The van der Waals surface area contributed by atoms with Gasteiger partial charge in [-0.3, -0.25) is 19.4 Å². The van der Waals surface area contributed by atoms with Gasteiger partial charge in [-0.15, -0.1) is 0 Å². The van der Waals surface area contributed by atoms with E-state index >= 15 is 0 Å². The lowest BCUT2D eigenvalue weighted by molar-refractivity contribution is -0.117. The average Bonchev–Trinajstić information content (AvgIpc) is 3.18. The smallest absolute Gasteiger partial charge is 0.238 e. The Balaban J connectivity index is 1.20. The molecule has 0 aromatic heterocycles. The Morgan fingerprint density at radius 2 is 1.60 bits per heavy atom. The van der Waals surface area contributed by atoms with Gasteiger partial charge in [0.25, 0.3) is 0 Å². The Labute approximate surface area is 177 Å². The molecule has 2 N–H and O–H groups in total. The van der Waals surface area contributed by atoms with E-state index in [4.69, 9.17) is 4.74 Å². The van der Waals surface area contributed by atoms with E-state index in [1.807, 2.05) is 0 Å². The zero-order valence-electron chi connectivity index (χ0n) is 17.3. The number of hydrogen-bond acceptors (Lipinski definition) is 5. The molecular weight excluding hydrogens is 380 g/mol. The third kappa shape index (κ3) is 5.37. The van der Waals surface area contributed by atoms with Gasteiger partial charge in [-0.25, -0.2) is 0 Å². The van der Waals surface area contributed by atoms with E-state index in [9.17, 15) is 9.59 Å². The fourth-order valence-corrected chi connectivity index (χ4v) is 3.95. The van der Waals surface area contributed by atoms with Crippen molar-refractivity contribution in [3.8, 4) is 5.75 Å². The van der Waals surface area contributed by atoms with Crippen molar-refractivity contribution in [1.29, 1.82) is 0 Å². The van der Waals surface area contributed by atoms with Crippen molar-refractivity contribution in [3.05, 3.63) is 53.6 Å². The second-order valence-electron chi connectivity index (χ2n) is 7.90. The van der Waals surface area contributed by atoms with Gasteiger partial charge in [-0.05, 0) is 41.5 Å². The molecule has 2 amide bonds. The molecule has 2 aliphatic heterocycles. The zero-order valence-corrected chi connectivity index (χ0v) is 17.3. The van der Waals surface area contributed by atoms with Gasteiger partial charge in [0.1, 0.15) is 5.75 Å². The summed E-state index contributed by atoms with van der Waals surface area (Å²) >= 11 is 0. The summed E-state index contributed by atoms with van der Waals surface area (Å²) in [6.45, 7) is 7.24. The summed E-state index contributed by atoms with van der Waals surface area (Å²) in [4.78, 5) is 28.1. The van der Waals surface area contributed by atoms with Crippen molar-refractivity contribution in [2.45, 2.75) is 19.9 Å². The third-order valence-corrected chi connectivity index (χ3v) is 5.48. The van der Waals surface area contributed by atoms with Gasteiger partial charge in [0, 0.05) is 57.4 Å². The van der Waals surface area contributed by atoms with E-state index in [2.05, 4.69) is 38.6 Å². The first-order chi connectivity index (χ1) is 14.5. The van der Waals surface area contributed by atoms with Gasteiger partial charge in [-0.1, -0.05) is 12.1 Å². The number of hydrogen-bond donors (Lipinski definition) is 2. The number of fused-ring (bicyclic) bond motifs is 1. The van der Waals surface area contributed by atoms with Crippen LogP contribution in [0.5, 0.6) is 5.75 Å². The number of nitrogens with zero attached hydrogens (tertiary/aromatic N) is 2. The third-order valence-electron chi connectivity index (χ3n) is 5.48. The number of rotatable bonds is 6. The molecule has 0 atom stereocenters. The van der Waals surface area contributed by atoms with Crippen LogP contribution in [0, 0.1) is 0 Å². The topological polar surface area (TPSA) is 73.9 Å². The number of benzene rings is 2. The van der Waals surface area contributed by atoms with Crippen molar-refractivity contribution >= 4 is 23.2 Å². The van der Waals surface area contributed by atoms with E-state index in [1.165, 1.54) is 18.1 Å². The van der Waals surface area contributed by atoms with E-state index in [-0.39, 0.29) is 11.8 Å². The highest BCUT2D eigenvalue weighted by Crippen LogP contribution is 2.26. The first kappa shape index (κ1) is 20.4. The molecule has 7 nitrogen and oxygen atoms in total. The molecule has 0 radical (unpaired) electrons. The number of nitrogens with one attached hydrogen (secondary N) is 2. The molecule has 2 aromatic rings. The van der Waals surface area contributed by atoms with Crippen molar-refractivity contribution in [2.24, 2.45) is 0 Å². The van der Waals surface area contributed by atoms with Gasteiger partial charge >= 0.3 is 0 Å². The van der Waals surface area contributed by atoms with Crippen LogP contribution < -0.4 is 15.4 Å². The summed E-state index contributed by atoms with van der Waals surface area (Å²) in [5.41, 5.74) is 4.09. The molecule has 2 aromatic carbocycles. The van der Waals surface area contributed by atoms with Crippen LogP contribution in [0.15, 0.2) is 42.5 Å². The molecule has 0 unspecified atom stereocenters. The molecule has 1 fully saturated rings. The quantitative estimate of drug-likeness (QED) is 0.768. The largest absolute Gasteiger partial charge is 0.493 e. The fraction of sp³-hybridized carbons (Fsp3) is 0.391. The minimum atomic E-state index is -0.115. The van der Waals surface area contributed by atoms with E-state index in [0.29, 0.717) is 12.2 Å². The van der Waals surface area contributed by atoms with E-state index < -0.39 is 0 Å². The maximum atomic E-state index is 12.4. The SMILES string of the molecule is CC(=O)Nc1ccc(NC(=O)CN2CCN(Cc3ccc4c(c3)CCO4)CC2)cc1. The van der Waals surface area contributed by atoms with Gasteiger partial charge < -0.3 is 15.4 Å². The normalized spacial score (nSPS) is 16.6. The van der Waals surface area contributed by atoms with Crippen LogP contribution >= 0.6 is 0 Å². The van der Waals surface area contributed by atoms with Crippen LogP contribution in [0.3, 0.4) is 0 Å². The first-order valence-electron chi connectivity index (χ1n) is 10.4.